The summed E-state index contributed by atoms with van der Waals surface area (Å²) < 4.78 is 4.87. The monoisotopic (exact) mass is 270 g/mol. The molecule has 1 rings (SSSR count). The van der Waals surface area contributed by atoms with E-state index in [1.807, 2.05) is 4.90 Å². The van der Waals surface area contributed by atoms with Crippen molar-refractivity contribution in [1.82, 2.24) is 10.2 Å². The van der Waals surface area contributed by atoms with Crippen molar-refractivity contribution in [2.45, 2.75) is 53.0 Å². The van der Waals surface area contributed by atoms with Gasteiger partial charge in [0.1, 0.15) is 0 Å². The molecule has 0 aromatic heterocycles. The first-order valence-corrected chi connectivity index (χ1v) is 7.03. The molecule has 1 aliphatic heterocycles. The lowest BCUT2D eigenvalue weighted by atomic mass is 9.91. The standard InChI is InChI=1S/C14H26N2O3/c1-5-19-13(18)15-11-7-6-8-16(10-11)12(17)9-14(2,3)4/h11H,5-10H2,1-4H3,(H,15,18)/t11-/m0/s1. The molecule has 1 saturated heterocycles. The van der Waals surface area contributed by atoms with E-state index in [-0.39, 0.29) is 17.4 Å². The van der Waals surface area contributed by atoms with Crippen molar-refractivity contribution in [2.75, 3.05) is 19.7 Å². The van der Waals surface area contributed by atoms with E-state index in [0.29, 0.717) is 19.6 Å². The highest BCUT2D eigenvalue weighted by Gasteiger charge is 2.27. The number of alkyl carbamates (subject to hydrolysis) is 1. The number of nitrogens with one attached hydrogen (secondary N) is 1. The Hall–Kier alpha value is -1.26. The molecule has 0 aliphatic carbocycles. The Kier molecular flexibility index (Phi) is 5.63. The number of nitrogens with zero attached hydrogens (tertiary/aromatic N) is 1. The van der Waals surface area contributed by atoms with Crippen LogP contribution in [0.4, 0.5) is 4.79 Å². The van der Waals surface area contributed by atoms with Gasteiger partial charge in [-0.1, -0.05) is 20.8 Å². The molecule has 0 aromatic carbocycles. The third-order valence-electron chi connectivity index (χ3n) is 3.05. The molecule has 2 amide bonds. The van der Waals surface area contributed by atoms with Gasteiger partial charge in [0.2, 0.25) is 5.91 Å². The zero-order valence-corrected chi connectivity index (χ0v) is 12.5. The number of ether oxygens (including phenoxy) is 1. The molecular weight excluding hydrogens is 244 g/mol. The second-order valence-electron chi connectivity index (χ2n) is 6.28. The molecule has 1 atom stereocenters. The summed E-state index contributed by atoms with van der Waals surface area (Å²) in [6.45, 7) is 9.70. The minimum atomic E-state index is -0.391. The smallest absolute Gasteiger partial charge is 0.407 e. The molecule has 0 spiro atoms. The summed E-state index contributed by atoms with van der Waals surface area (Å²) in [7, 11) is 0. The first-order valence-electron chi connectivity index (χ1n) is 7.03. The van der Waals surface area contributed by atoms with E-state index in [1.54, 1.807) is 6.92 Å². The van der Waals surface area contributed by atoms with Crippen molar-refractivity contribution >= 4 is 12.0 Å². The summed E-state index contributed by atoms with van der Waals surface area (Å²) >= 11 is 0. The predicted molar refractivity (Wildman–Crippen MR) is 73.8 cm³/mol. The zero-order chi connectivity index (χ0) is 14.5. The maximum atomic E-state index is 12.2. The van der Waals surface area contributed by atoms with Gasteiger partial charge in [0, 0.05) is 25.6 Å². The first-order chi connectivity index (χ1) is 8.81. The van der Waals surface area contributed by atoms with E-state index in [4.69, 9.17) is 4.74 Å². The van der Waals surface area contributed by atoms with Crippen LogP contribution in [0.5, 0.6) is 0 Å². The van der Waals surface area contributed by atoms with E-state index >= 15 is 0 Å². The van der Waals surface area contributed by atoms with Gasteiger partial charge in [0.25, 0.3) is 0 Å². The van der Waals surface area contributed by atoms with E-state index in [1.165, 1.54) is 0 Å². The van der Waals surface area contributed by atoms with Crippen LogP contribution >= 0.6 is 0 Å². The topological polar surface area (TPSA) is 58.6 Å². The molecule has 0 unspecified atom stereocenters. The minimum Gasteiger partial charge on any atom is -0.450 e. The van der Waals surface area contributed by atoms with Crippen LogP contribution in [0.25, 0.3) is 0 Å². The largest absolute Gasteiger partial charge is 0.450 e. The lowest BCUT2D eigenvalue weighted by molar-refractivity contribution is -0.134. The normalized spacial score (nSPS) is 20.0. The van der Waals surface area contributed by atoms with Gasteiger partial charge >= 0.3 is 6.09 Å². The van der Waals surface area contributed by atoms with Gasteiger partial charge in [0.15, 0.2) is 0 Å². The lowest BCUT2D eigenvalue weighted by Gasteiger charge is -2.34. The van der Waals surface area contributed by atoms with Crippen LogP contribution in [0, 0.1) is 5.41 Å². The number of amides is 2. The van der Waals surface area contributed by atoms with Crippen molar-refractivity contribution in [2.24, 2.45) is 5.41 Å². The third-order valence-corrected chi connectivity index (χ3v) is 3.05. The highest BCUT2D eigenvalue weighted by atomic mass is 16.5. The van der Waals surface area contributed by atoms with Gasteiger partial charge in [-0.25, -0.2) is 4.79 Å². The molecule has 1 N–H and O–H groups in total. The minimum absolute atomic E-state index is 0.00139. The predicted octanol–water partition coefficient (Wildman–Crippen LogP) is 2.16. The molecule has 0 saturated carbocycles. The summed E-state index contributed by atoms with van der Waals surface area (Å²) in [5.41, 5.74) is -0.00139. The quantitative estimate of drug-likeness (QED) is 0.855. The first kappa shape index (κ1) is 15.8. The zero-order valence-electron chi connectivity index (χ0n) is 12.5. The molecule has 0 bridgehead atoms. The number of carbonyl (C=O) groups excluding carboxylic acids is 2. The lowest BCUT2D eigenvalue weighted by Crippen LogP contribution is -2.50. The van der Waals surface area contributed by atoms with E-state index in [0.717, 1.165) is 19.4 Å². The molecule has 110 valence electrons. The van der Waals surface area contributed by atoms with Gasteiger partial charge in [-0.15, -0.1) is 0 Å². The second-order valence-corrected chi connectivity index (χ2v) is 6.28. The molecule has 1 fully saturated rings. The Morgan fingerprint density at radius 2 is 2.05 bits per heavy atom. The van der Waals surface area contributed by atoms with Gasteiger partial charge in [0.05, 0.1) is 6.61 Å². The second kappa shape index (κ2) is 6.78. The van der Waals surface area contributed by atoms with Crippen molar-refractivity contribution in [3.63, 3.8) is 0 Å². The number of hydrogen-bond acceptors (Lipinski definition) is 3. The van der Waals surface area contributed by atoms with E-state index in [9.17, 15) is 9.59 Å². The molecule has 0 radical (unpaired) electrons. The van der Waals surface area contributed by atoms with Crippen LogP contribution in [0.1, 0.15) is 47.0 Å². The van der Waals surface area contributed by atoms with Crippen LogP contribution in [0.3, 0.4) is 0 Å². The number of rotatable bonds is 3. The Labute approximate surface area is 115 Å². The van der Waals surface area contributed by atoms with Crippen molar-refractivity contribution in [3.05, 3.63) is 0 Å². The molecule has 0 aromatic rings. The van der Waals surface area contributed by atoms with Crippen molar-refractivity contribution < 1.29 is 14.3 Å². The van der Waals surface area contributed by atoms with Gasteiger partial charge < -0.3 is 15.0 Å². The number of piperidine rings is 1. The van der Waals surface area contributed by atoms with E-state index < -0.39 is 6.09 Å². The maximum Gasteiger partial charge on any atom is 0.407 e. The van der Waals surface area contributed by atoms with Crippen LogP contribution in [-0.2, 0) is 9.53 Å². The fourth-order valence-corrected chi connectivity index (χ4v) is 2.23. The van der Waals surface area contributed by atoms with Crippen LogP contribution in [-0.4, -0.2) is 42.6 Å². The molecule has 5 nitrogen and oxygen atoms in total. The average molecular weight is 270 g/mol. The summed E-state index contributed by atoms with van der Waals surface area (Å²) in [5.74, 6) is 0.169. The molecule has 1 aliphatic rings. The summed E-state index contributed by atoms with van der Waals surface area (Å²) in [6.07, 6.45) is 1.97. The molecule has 19 heavy (non-hydrogen) atoms. The fraction of sp³-hybridized carbons (Fsp3) is 0.857. The highest BCUT2D eigenvalue weighted by Crippen LogP contribution is 2.21. The molecular formula is C14H26N2O3. The number of likely N-dealkylation sites (tertiary alicyclic amines) is 1. The Bertz CT molecular complexity index is 323. The van der Waals surface area contributed by atoms with Gasteiger partial charge in [-0.3, -0.25) is 4.79 Å². The Balaban J connectivity index is 2.45. The van der Waals surface area contributed by atoms with Crippen LogP contribution in [0.15, 0.2) is 0 Å². The number of hydrogen-bond donors (Lipinski definition) is 1. The molecule has 5 heteroatoms. The van der Waals surface area contributed by atoms with Crippen LogP contribution in [0.2, 0.25) is 0 Å². The van der Waals surface area contributed by atoms with Gasteiger partial charge in [-0.05, 0) is 25.2 Å². The SMILES string of the molecule is CCOC(=O)N[C@H]1CCCN(C(=O)CC(C)(C)C)C1. The summed E-state index contributed by atoms with van der Waals surface area (Å²) in [4.78, 5) is 25.4. The summed E-state index contributed by atoms with van der Waals surface area (Å²) in [5, 5.41) is 2.81. The summed E-state index contributed by atoms with van der Waals surface area (Å²) in [6, 6.07) is 0.0109. The third kappa shape index (κ3) is 5.94. The molecule has 1 heterocycles. The van der Waals surface area contributed by atoms with Crippen LogP contribution < -0.4 is 5.32 Å². The number of carbonyl (C=O) groups is 2. The highest BCUT2D eigenvalue weighted by molar-refractivity contribution is 5.77. The average Bonchev–Trinajstić information content (AvgIpc) is 2.27. The van der Waals surface area contributed by atoms with Gasteiger partial charge in [-0.2, -0.15) is 0 Å². The maximum absolute atomic E-state index is 12.2. The Morgan fingerprint density at radius 3 is 2.63 bits per heavy atom. The Morgan fingerprint density at radius 1 is 1.37 bits per heavy atom. The van der Waals surface area contributed by atoms with Crippen molar-refractivity contribution in [1.29, 1.82) is 0 Å². The van der Waals surface area contributed by atoms with E-state index in [2.05, 4.69) is 26.1 Å². The van der Waals surface area contributed by atoms with Crippen molar-refractivity contribution in [3.8, 4) is 0 Å². The fourth-order valence-electron chi connectivity index (χ4n) is 2.23.